The number of benzene rings is 2. The summed E-state index contributed by atoms with van der Waals surface area (Å²) in [6.07, 6.45) is 0. The second kappa shape index (κ2) is 5.32. The van der Waals surface area contributed by atoms with Crippen LogP contribution in [0.25, 0.3) is 0 Å². The Morgan fingerprint density at radius 1 is 1.11 bits per heavy atom. The molecule has 4 nitrogen and oxygen atoms in total. The molecule has 0 aliphatic carbocycles. The minimum Gasteiger partial charge on any atom is -0.497 e. The predicted octanol–water partition coefficient (Wildman–Crippen LogP) is 2.25. The Bertz CT molecular complexity index is 666. The lowest BCUT2D eigenvalue weighted by molar-refractivity contribution is 0.414. The Morgan fingerprint density at radius 3 is 2.42 bits per heavy atom. The van der Waals surface area contributed by atoms with Crippen LogP contribution in [0.2, 0.25) is 0 Å². The van der Waals surface area contributed by atoms with Gasteiger partial charge in [-0.3, -0.25) is 0 Å². The third-order valence-corrected chi connectivity index (χ3v) is 4.48. The fourth-order valence-corrected chi connectivity index (χ4v) is 3.15. The van der Waals surface area contributed by atoms with Crippen LogP contribution in [-0.4, -0.2) is 15.5 Å². The number of hydrogen-bond donors (Lipinski definition) is 1. The lowest BCUT2D eigenvalue weighted by Crippen LogP contribution is -2.07. The summed E-state index contributed by atoms with van der Waals surface area (Å²) < 4.78 is 29.6. The van der Waals surface area contributed by atoms with Crippen molar-refractivity contribution < 1.29 is 13.2 Å². The molecule has 0 amide bonds. The normalized spacial score (nSPS) is 11.2. The van der Waals surface area contributed by atoms with Gasteiger partial charge in [0.15, 0.2) is 9.84 Å². The van der Waals surface area contributed by atoms with E-state index in [0.29, 0.717) is 17.0 Å². The zero-order chi connectivity index (χ0) is 13.9. The van der Waals surface area contributed by atoms with Gasteiger partial charge in [-0.1, -0.05) is 18.2 Å². The summed E-state index contributed by atoms with van der Waals surface area (Å²) in [6, 6.07) is 13.3. The van der Waals surface area contributed by atoms with E-state index in [0.717, 1.165) is 0 Å². The van der Waals surface area contributed by atoms with Gasteiger partial charge in [-0.2, -0.15) is 0 Å². The Morgan fingerprint density at radius 2 is 1.79 bits per heavy atom. The molecule has 19 heavy (non-hydrogen) atoms. The molecule has 2 N–H and O–H groups in total. The van der Waals surface area contributed by atoms with Crippen LogP contribution in [0.15, 0.2) is 53.4 Å². The average Bonchev–Trinajstić information content (AvgIpc) is 2.42. The molecule has 0 aromatic heterocycles. The molecule has 2 aromatic carbocycles. The Hall–Kier alpha value is -2.01. The summed E-state index contributed by atoms with van der Waals surface area (Å²) in [7, 11) is -1.87. The predicted molar refractivity (Wildman–Crippen MR) is 74.7 cm³/mol. The molecule has 0 fully saturated rings. The second-order valence-electron chi connectivity index (χ2n) is 4.14. The summed E-state index contributed by atoms with van der Waals surface area (Å²) in [5, 5.41) is 0. The van der Waals surface area contributed by atoms with Crippen LogP contribution in [0.4, 0.5) is 5.69 Å². The smallest absolute Gasteiger partial charge is 0.182 e. The standard InChI is InChI=1S/C14H15NO3S/c1-18-12-7-8-14(15)11(9-12)10-19(16,17)13-5-3-2-4-6-13/h2-9H,10,15H2,1H3. The first-order valence-electron chi connectivity index (χ1n) is 5.73. The number of hydrogen-bond acceptors (Lipinski definition) is 4. The lowest BCUT2D eigenvalue weighted by Gasteiger charge is -2.09. The number of methoxy groups -OCH3 is 1. The van der Waals surface area contributed by atoms with E-state index in [1.165, 1.54) is 7.11 Å². The molecule has 100 valence electrons. The van der Waals surface area contributed by atoms with Gasteiger partial charge in [0.05, 0.1) is 17.8 Å². The van der Waals surface area contributed by atoms with Crippen molar-refractivity contribution in [1.29, 1.82) is 0 Å². The van der Waals surface area contributed by atoms with Gasteiger partial charge in [-0.15, -0.1) is 0 Å². The van der Waals surface area contributed by atoms with Crippen LogP contribution in [0.1, 0.15) is 5.56 Å². The van der Waals surface area contributed by atoms with Crippen LogP contribution in [0.3, 0.4) is 0 Å². The van der Waals surface area contributed by atoms with Crippen molar-refractivity contribution in [2.45, 2.75) is 10.6 Å². The van der Waals surface area contributed by atoms with Crippen LogP contribution >= 0.6 is 0 Å². The number of rotatable bonds is 4. The molecule has 0 aliphatic rings. The number of anilines is 1. The first-order chi connectivity index (χ1) is 9.03. The quantitative estimate of drug-likeness (QED) is 0.870. The SMILES string of the molecule is COc1ccc(N)c(CS(=O)(=O)c2ccccc2)c1. The summed E-state index contributed by atoms with van der Waals surface area (Å²) in [5.41, 5.74) is 6.80. The van der Waals surface area contributed by atoms with Gasteiger partial charge in [-0.05, 0) is 35.9 Å². The molecular formula is C14H15NO3S. The summed E-state index contributed by atoms with van der Waals surface area (Å²) in [5.74, 6) is 0.451. The van der Waals surface area contributed by atoms with Crippen molar-refractivity contribution in [2.75, 3.05) is 12.8 Å². The summed E-state index contributed by atoms with van der Waals surface area (Å²) in [4.78, 5) is 0.289. The van der Waals surface area contributed by atoms with Gasteiger partial charge >= 0.3 is 0 Å². The largest absolute Gasteiger partial charge is 0.497 e. The molecule has 0 aliphatic heterocycles. The van der Waals surface area contributed by atoms with E-state index in [9.17, 15) is 8.42 Å². The van der Waals surface area contributed by atoms with Crippen molar-refractivity contribution in [1.82, 2.24) is 0 Å². The van der Waals surface area contributed by atoms with Crippen molar-refractivity contribution in [3.05, 3.63) is 54.1 Å². The van der Waals surface area contributed by atoms with Crippen LogP contribution in [-0.2, 0) is 15.6 Å². The monoisotopic (exact) mass is 277 g/mol. The third kappa shape index (κ3) is 3.06. The summed E-state index contributed by atoms with van der Waals surface area (Å²) >= 11 is 0. The van der Waals surface area contributed by atoms with E-state index in [1.54, 1.807) is 48.5 Å². The minimum absolute atomic E-state index is 0.139. The van der Waals surface area contributed by atoms with Gasteiger partial charge in [0.2, 0.25) is 0 Å². The van der Waals surface area contributed by atoms with Gasteiger partial charge in [0.1, 0.15) is 5.75 Å². The lowest BCUT2D eigenvalue weighted by atomic mass is 10.2. The number of nitrogen functional groups attached to an aromatic ring is 1. The van der Waals surface area contributed by atoms with E-state index in [1.807, 2.05) is 0 Å². The van der Waals surface area contributed by atoms with Crippen molar-refractivity contribution in [3.8, 4) is 5.75 Å². The van der Waals surface area contributed by atoms with Gasteiger partial charge in [0.25, 0.3) is 0 Å². The molecule has 2 aromatic rings. The number of ether oxygens (including phenoxy) is 1. The van der Waals surface area contributed by atoms with Crippen LogP contribution in [0.5, 0.6) is 5.75 Å². The summed E-state index contributed by atoms with van der Waals surface area (Å²) in [6.45, 7) is 0. The van der Waals surface area contributed by atoms with Gasteiger partial charge in [0, 0.05) is 5.69 Å². The molecule has 0 spiro atoms. The number of sulfone groups is 1. The van der Waals surface area contributed by atoms with Crippen molar-refractivity contribution in [3.63, 3.8) is 0 Å². The Labute approximate surface area is 112 Å². The van der Waals surface area contributed by atoms with E-state index < -0.39 is 9.84 Å². The molecule has 5 heteroatoms. The molecule has 0 radical (unpaired) electrons. The van der Waals surface area contributed by atoms with E-state index in [2.05, 4.69) is 0 Å². The first kappa shape index (κ1) is 13.4. The van der Waals surface area contributed by atoms with Gasteiger partial charge in [-0.25, -0.2) is 8.42 Å². The highest BCUT2D eigenvalue weighted by molar-refractivity contribution is 7.90. The topological polar surface area (TPSA) is 69.4 Å². The van der Waals surface area contributed by atoms with E-state index >= 15 is 0 Å². The highest BCUT2D eigenvalue weighted by Crippen LogP contribution is 2.24. The highest BCUT2D eigenvalue weighted by Gasteiger charge is 2.16. The van der Waals surface area contributed by atoms with Crippen molar-refractivity contribution >= 4 is 15.5 Å². The molecule has 0 atom stereocenters. The molecule has 2 rings (SSSR count). The zero-order valence-electron chi connectivity index (χ0n) is 10.5. The molecular weight excluding hydrogens is 262 g/mol. The van der Waals surface area contributed by atoms with Crippen LogP contribution < -0.4 is 10.5 Å². The molecule has 0 bridgehead atoms. The molecule has 0 saturated heterocycles. The van der Waals surface area contributed by atoms with E-state index in [-0.39, 0.29) is 10.6 Å². The fourth-order valence-electron chi connectivity index (χ4n) is 1.75. The van der Waals surface area contributed by atoms with Crippen molar-refractivity contribution in [2.24, 2.45) is 0 Å². The molecule has 0 heterocycles. The second-order valence-corrected chi connectivity index (χ2v) is 6.13. The maximum absolute atomic E-state index is 12.3. The molecule has 0 saturated carbocycles. The Balaban J connectivity index is 2.36. The van der Waals surface area contributed by atoms with Gasteiger partial charge < -0.3 is 10.5 Å². The Kier molecular flexibility index (Phi) is 3.76. The minimum atomic E-state index is -3.40. The maximum atomic E-state index is 12.3. The average molecular weight is 277 g/mol. The fraction of sp³-hybridized carbons (Fsp3) is 0.143. The number of nitrogens with two attached hydrogens (primary N) is 1. The van der Waals surface area contributed by atoms with Crippen LogP contribution in [0, 0.1) is 0 Å². The first-order valence-corrected chi connectivity index (χ1v) is 7.38. The third-order valence-electron chi connectivity index (χ3n) is 2.80. The highest BCUT2D eigenvalue weighted by atomic mass is 32.2. The maximum Gasteiger partial charge on any atom is 0.182 e. The molecule has 0 unspecified atom stereocenters. The zero-order valence-corrected chi connectivity index (χ0v) is 11.4. The van der Waals surface area contributed by atoms with E-state index in [4.69, 9.17) is 10.5 Å².